The summed E-state index contributed by atoms with van der Waals surface area (Å²) in [7, 11) is 1.66. The smallest absolute Gasteiger partial charge is 0.257 e. The van der Waals surface area contributed by atoms with Crippen molar-refractivity contribution in [2.45, 2.75) is 24.4 Å². The molecule has 5 nitrogen and oxygen atoms in total. The van der Waals surface area contributed by atoms with Gasteiger partial charge in [0.2, 0.25) is 0 Å². The Morgan fingerprint density at radius 3 is 2.10 bits per heavy atom. The Morgan fingerprint density at radius 1 is 0.933 bits per heavy atom. The van der Waals surface area contributed by atoms with E-state index < -0.39 is 5.54 Å². The van der Waals surface area contributed by atoms with Crippen LogP contribution < -0.4 is 15.8 Å². The van der Waals surface area contributed by atoms with Crippen LogP contribution in [0.4, 0.5) is 0 Å². The molecule has 30 heavy (non-hydrogen) atoms. The Balaban J connectivity index is 1.68. The third-order valence-corrected chi connectivity index (χ3v) is 5.57. The molecule has 3 aromatic carbocycles. The van der Waals surface area contributed by atoms with Crippen molar-refractivity contribution < 1.29 is 9.53 Å². The second-order valence-electron chi connectivity index (χ2n) is 7.36. The van der Waals surface area contributed by atoms with Gasteiger partial charge in [-0.1, -0.05) is 78.9 Å². The number of carbonyl (C=O) groups is 1. The summed E-state index contributed by atoms with van der Waals surface area (Å²) >= 11 is 0. The van der Waals surface area contributed by atoms with Gasteiger partial charge in [-0.3, -0.25) is 4.79 Å². The molecule has 0 bridgehead atoms. The van der Waals surface area contributed by atoms with Crippen molar-refractivity contribution in [2.75, 3.05) is 7.11 Å². The molecule has 0 aromatic heterocycles. The fraction of sp³-hybridized carbons (Fsp3) is 0.200. The molecule has 0 saturated carbocycles. The molecule has 3 aromatic rings. The van der Waals surface area contributed by atoms with Gasteiger partial charge in [0.1, 0.15) is 11.6 Å². The van der Waals surface area contributed by atoms with Gasteiger partial charge in [-0.25, -0.2) is 4.99 Å². The molecular formula is C25H25N3O2. The maximum Gasteiger partial charge on any atom is 0.257 e. The molecule has 3 N–H and O–H groups in total. The summed E-state index contributed by atoms with van der Waals surface area (Å²) in [4.78, 5) is 18.3. The van der Waals surface area contributed by atoms with E-state index in [1.165, 1.54) is 0 Å². The van der Waals surface area contributed by atoms with E-state index in [0.717, 1.165) is 28.9 Å². The molecule has 1 unspecified atom stereocenters. The van der Waals surface area contributed by atoms with Crippen LogP contribution in [0.1, 0.15) is 23.1 Å². The summed E-state index contributed by atoms with van der Waals surface area (Å²) in [6.07, 6.45) is 1.36. The lowest BCUT2D eigenvalue weighted by molar-refractivity contribution is -0.126. The minimum Gasteiger partial charge on any atom is -0.496 e. The predicted molar refractivity (Wildman–Crippen MR) is 119 cm³/mol. The molecule has 1 aliphatic heterocycles. The molecular weight excluding hydrogens is 374 g/mol. The maximum absolute atomic E-state index is 13.5. The first-order valence-electron chi connectivity index (χ1n) is 10.0. The standard InChI is InChI=1S/C25H25N3O2/c1-30-22-15-9-8-10-18(22)16-17-21-23(26)28-25(24(29)27-21,19-11-4-2-5-12-19)20-13-6-3-7-14-20/h2-15,21H,16-17H2,1H3,(H2,26,28)(H,27,29). The van der Waals surface area contributed by atoms with Crippen LogP contribution in [0.15, 0.2) is 89.9 Å². The zero-order valence-electron chi connectivity index (χ0n) is 16.9. The first-order chi connectivity index (χ1) is 14.6. The quantitative estimate of drug-likeness (QED) is 0.667. The molecule has 0 aliphatic carbocycles. The van der Waals surface area contributed by atoms with Crippen molar-refractivity contribution >= 4 is 11.7 Å². The summed E-state index contributed by atoms with van der Waals surface area (Å²) in [5.74, 6) is 1.09. The third-order valence-electron chi connectivity index (χ3n) is 5.57. The van der Waals surface area contributed by atoms with Crippen molar-refractivity contribution in [2.24, 2.45) is 10.7 Å². The molecule has 1 aliphatic rings. The summed E-state index contributed by atoms with van der Waals surface area (Å²) < 4.78 is 5.43. The molecule has 1 heterocycles. The minimum absolute atomic E-state index is 0.167. The van der Waals surface area contributed by atoms with Gasteiger partial charge in [-0.15, -0.1) is 0 Å². The van der Waals surface area contributed by atoms with E-state index in [4.69, 9.17) is 15.5 Å². The van der Waals surface area contributed by atoms with Crippen LogP contribution in [-0.2, 0) is 16.8 Å². The fourth-order valence-electron chi connectivity index (χ4n) is 4.01. The second-order valence-corrected chi connectivity index (χ2v) is 7.36. The Morgan fingerprint density at radius 2 is 1.50 bits per heavy atom. The number of aliphatic imine (C=N–C) groups is 1. The molecule has 1 amide bonds. The minimum atomic E-state index is -1.19. The Labute approximate surface area is 176 Å². The molecule has 0 saturated heterocycles. The lowest BCUT2D eigenvalue weighted by atomic mass is 9.80. The van der Waals surface area contributed by atoms with Gasteiger partial charge in [0.05, 0.1) is 13.2 Å². The molecule has 5 heteroatoms. The van der Waals surface area contributed by atoms with Crippen LogP contribution in [0.2, 0.25) is 0 Å². The number of methoxy groups -OCH3 is 1. The molecule has 0 fully saturated rings. The summed E-state index contributed by atoms with van der Waals surface area (Å²) in [6, 6.07) is 26.7. The SMILES string of the molecule is COc1ccccc1CCC1NC(=O)C(c2ccccc2)(c2ccccc2)N=C1N. The van der Waals surface area contributed by atoms with Crippen LogP contribution in [0.25, 0.3) is 0 Å². The normalized spacial score (nSPS) is 17.7. The second kappa shape index (κ2) is 8.41. The molecule has 1 atom stereocenters. The zero-order chi connectivity index (χ0) is 21.0. The highest BCUT2D eigenvalue weighted by Crippen LogP contribution is 2.36. The van der Waals surface area contributed by atoms with Gasteiger partial charge in [0, 0.05) is 0 Å². The largest absolute Gasteiger partial charge is 0.496 e. The van der Waals surface area contributed by atoms with E-state index in [1.54, 1.807) is 7.11 Å². The van der Waals surface area contributed by atoms with Gasteiger partial charge in [-0.2, -0.15) is 0 Å². The van der Waals surface area contributed by atoms with Crippen LogP contribution in [0.3, 0.4) is 0 Å². The Kier molecular flexibility index (Phi) is 5.53. The number of ether oxygens (including phenoxy) is 1. The van der Waals surface area contributed by atoms with E-state index in [9.17, 15) is 4.79 Å². The Hall–Kier alpha value is -3.60. The number of nitrogens with one attached hydrogen (secondary N) is 1. The maximum atomic E-state index is 13.5. The first kappa shape index (κ1) is 19.7. The van der Waals surface area contributed by atoms with Gasteiger partial charge < -0.3 is 15.8 Å². The monoisotopic (exact) mass is 399 g/mol. The molecule has 0 radical (unpaired) electrons. The van der Waals surface area contributed by atoms with Crippen molar-refractivity contribution in [3.05, 3.63) is 102 Å². The van der Waals surface area contributed by atoms with Crippen molar-refractivity contribution in [3.8, 4) is 5.75 Å². The van der Waals surface area contributed by atoms with Crippen LogP contribution in [0.5, 0.6) is 5.75 Å². The van der Waals surface area contributed by atoms with Crippen molar-refractivity contribution in [3.63, 3.8) is 0 Å². The number of carbonyl (C=O) groups excluding carboxylic acids is 1. The van der Waals surface area contributed by atoms with E-state index in [1.807, 2.05) is 84.9 Å². The number of nitrogens with zero attached hydrogens (tertiary/aromatic N) is 1. The van der Waals surface area contributed by atoms with Gasteiger partial charge in [0.15, 0.2) is 5.54 Å². The highest BCUT2D eigenvalue weighted by atomic mass is 16.5. The van der Waals surface area contributed by atoms with Gasteiger partial charge in [-0.05, 0) is 35.6 Å². The third kappa shape index (κ3) is 3.54. The summed E-state index contributed by atoms with van der Waals surface area (Å²) in [6.45, 7) is 0. The highest BCUT2D eigenvalue weighted by Gasteiger charge is 2.46. The number of para-hydroxylation sites is 1. The lowest BCUT2D eigenvalue weighted by Gasteiger charge is -2.37. The number of hydrogen-bond acceptors (Lipinski definition) is 4. The van der Waals surface area contributed by atoms with Crippen LogP contribution in [0, 0.1) is 0 Å². The van der Waals surface area contributed by atoms with E-state index in [0.29, 0.717) is 12.3 Å². The number of benzene rings is 3. The average molecular weight is 399 g/mol. The van der Waals surface area contributed by atoms with E-state index in [2.05, 4.69) is 5.32 Å². The predicted octanol–water partition coefficient (Wildman–Crippen LogP) is 3.43. The average Bonchev–Trinajstić information content (AvgIpc) is 2.80. The van der Waals surface area contributed by atoms with E-state index in [-0.39, 0.29) is 11.9 Å². The van der Waals surface area contributed by atoms with Crippen LogP contribution in [-0.4, -0.2) is 24.9 Å². The summed E-state index contributed by atoms with van der Waals surface area (Å²) in [5, 5.41) is 3.13. The Bertz CT molecular complexity index is 1010. The van der Waals surface area contributed by atoms with Gasteiger partial charge >= 0.3 is 0 Å². The molecule has 4 rings (SSSR count). The van der Waals surface area contributed by atoms with Crippen molar-refractivity contribution in [1.29, 1.82) is 0 Å². The molecule has 152 valence electrons. The fourth-order valence-corrected chi connectivity index (χ4v) is 4.01. The zero-order valence-corrected chi connectivity index (χ0v) is 16.9. The van der Waals surface area contributed by atoms with Crippen molar-refractivity contribution in [1.82, 2.24) is 5.32 Å². The van der Waals surface area contributed by atoms with Gasteiger partial charge in [0.25, 0.3) is 5.91 Å². The number of hydrogen-bond donors (Lipinski definition) is 2. The number of amides is 1. The highest BCUT2D eigenvalue weighted by molar-refractivity contribution is 6.02. The number of rotatable bonds is 6. The topological polar surface area (TPSA) is 76.7 Å². The van der Waals surface area contributed by atoms with Crippen LogP contribution >= 0.6 is 0 Å². The molecule has 0 spiro atoms. The number of aryl methyl sites for hydroxylation is 1. The lowest BCUT2D eigenvalue weighted by Crippen LogP contribution is -2.58. The number of amidine groups is 1. The number of nitrogens with two attached hydrogens (primary N) is 1. The first-order valence-corrected chi connectivity index (χ1v) is 10.0. The van der Waals surface area contributed by atoms with E-state index >= 15 is 0 Å². The summed E-state index contributed by atoms with van der Waals surface area (Å²) in [5.41, 5.74) is 7.90.